The van der Waals surface area contributed by atoms with Crippen LogP contribution in [0.5, 0.6) is 5.75 Å². The zero-order chi connectivity index (χ0) is 8.81. The molecule has 0 heterocycles. The predicted molar refractivity (Wildman–Crippen MR) is 65.0 cm³/mol. The molecule has 1 rings (SSSR count). The van der Waals surface area contributed by atoms with E-state index >= 15 is 0 Å². The van der Waals surface area contributed by atoms with E-state index < -0.39 is 0 Å². The van der Waals surface area contributed by atoms with Crippen LogP contribution in [0.1, 0.15) is 0 Å². The van der Waals surface area contributed by atoms with Crippen LogP contribution in [-0.2, 0) is 0 Å². The minimum absolute atomic E-state index is 0. The summed E-state index contributed by atoms with van der Waals surface area (Å²) in [7, 11) is 1.65. The van der Waals surface area contributed by atoms with Crippen molar-refractivity contribution in [3.05, 3.63) is 24.3 Å². The maximum Gasteiger partial charge on any atom is 0.120 e. The number of methoxy groups -OCH3 is 1. The van der Waals surface area contributed by atoms with Crippen molar-refractivity contribution < 1.29 is 4.74 Å². The number of hydrogen-bond donors (Lipinski definition) is 2. The average molecular weight is 239 g/mol. The number of rotatable bonds is 4. The summed E-state index contributed by atoms with van der Waals surface area (Å²) < 4.78 is 5.06. The highest BCUT2D eigenvalue weighted by molar-refractivity contribution is 5.85. The molecule has 3 N–H and O–H groups in total. The summed E-state index contributed by atoms with van der Waals surface area (Å²) in [4.78, 5) is 0. The molecule has 1 aromatic carbocycles. The first-order chi connectivity index (χ1) is 5.86. The van der Waals surface area contributed by atoms with Gasteiger partial charge < -0.3 is 15.8 Å². The molecule has 0 amide bonds. The molecule has 0 saturated carbocycles. The monoisotopic (exact) mass is 238 g/mol. The number of benzene rings is 1. The highest BCUT2D eigenvalue weighted by atomic mass is 35.5. The van der Waals surface area contributed by atoms with E-state index in [1.807, 2.05) is 24.3 Å². The molecule has 0 radical (unpaired) electrons. The lowest BCUT2D eigenvalue weighted by molar-refractivity contribution is 0.415. The van der Waals surface area contributed by atoms with Gasteiger partial charge in [0.25, 0.3) is 0 Å². The molecule has 14 heavy (non-hydrogen) atoms. The minimum atomic E-state index is 0. The summed E-state index contributed by atoms with van der Waals surface area (Å²) in [5, 5.41) is 3.16. The first kappa shape index (κ1) is 15.8. The van der Waals surface area contributed by atoms with Crippen molar-refractivity contribution in [1.29, 1.82) is 0 Å². The van der Waals surface area contributed by atoms with E-state index in [1.54, 1.807) is 7.11 Å². The van der Waals surface area contributed by atoms with Gasteiger partial charge in [-0.15, -0.1) is 24.8 Å². The molecule has 0 fully saturated rings. The van der Waals surface area contributed by atoms with Crippen molar-refractivity contribution in [2.75, 3.05) is 25.5 Å². The number of nitrogens with one attached hydrogen (secondary N) is 1. The number of anilines is 1. The number of ether oxygens (including phenoxy) is 1. The molecule has 0 aliphatic rings. The molecule has 1 aromatic rings. The van der Waals surface area contributed by atoms with Crippen LogP contribution in [-0.4, -0.2) is 20.2 Å². The maximum absolute atomic E-state index is 5.35. The van der Waals surface area contributed by atoms with Crippen LogP contribution in [0.2, 0.25) is 0 Å². The minimum Gasteiger partial charge on any atom is -0.497 e. The lowest BCUT2D eigenvalue weighted by Gasteiger charge is -2.05. The van der Waals surface area contributed by atoms with Crippen molar-refractivity contribution in [2.45, 2.75) is 0 Å². The Kier molecular flexibility index (Phi) is 10.1. The molecule has 0 aliphatic heterocycles. The topological polar surface area (TPSA) is 47.3 Å². The molecule has 0 atom stereocenters. The molecule has 0 saturated heterocycles. The molecular weight excluding hydrogens is 223 g/mol. The Labute approximate surface area is 96.8 Å². The lowest BCUT2D eigenvalue weighted by Crippen LogP contribution is -2.12. The molecule has 5 heteroatoms. The van der Waals surface area contributed by atoms with Gasteiger partial charge in [-0.25, -0.2) is 0 Å². The van der Waals surface area contributed by atoms with Gasteiger partial charge in [-0.05, 0) is 12.1 Å². The van der Waals surface area contributed by atoms with Crippen LogP contribution in [0, 0.1) is 0 Å². The lowest BCUT2D eigenvalue weighted by atomic mass is 10.3. The normalized spacial score (nSPS) is 8.14. The zero-order valence-electron chi connectivity index (χ0n) is 8.03. The van der Waals surface area contributed by atoms with Crippen molar-refractivity contribution in [3.63, 3.8) is 0 Å². The van der Waals surface area contributed by atoms with E-state index in [2.05, 4.69) is 5.32 Å². The molecule has 82 valence electrons. The van der Waals surface area contributed by atoms with E-state index in [1.165, 1.54) is 0 Å². The molecule has 0 spiro atoms. The highest BCUT2D eigenvalue weighted by Crippen LogP contribution is 2.15. The van der Waals surface area contributed by atoms with Gasteiger partial charge in [0.15, 0.2) is 0 Å². The van der Waals surface area contributed by atoms with Crippen LogP contribution >= 0.6 is 24.8 Å². The Morgan fingerprint density at radius 1 is 1.36 bits per heavy atom. The third-order valence-electron chi connectivity index (χ3n) is 1.54. The van der Waals surface area contributed by atoms with Crippen molar-refractivity contribution in [3.8, 4) is 5.75 Å². The highest BCUT2D eigenvalue weighted by Gasteiger charge is 1.92. The molecule has 0 unspecified atom stereocenters. The van der Waals surface area contributed by atoms with E-state index in [0.717, 1.165) is 18.0 Å². The Morgan fingerprint density at radius 2 is 2.07 bits per heavy atom. The predicted octanol–water partition coefficient (Wildman–Crippen LogP) is 1.91. The Hall–Kier alpha value is -0.640. The van der Waals surface area contributed by atoms with Crippen LogP contribution in [0.4, 0.5) is 5.69 Å². The summed E-state index contributed by atoms with van der Waals surface area (Å²) in [5.74, 6) is 0.858. The second kappa shape index (κ2) is 8.94. The van der Waals surface area contributed by atoms with E-state index in [0.29, 0.717) is 6.54 Å². The largest absolute Gasteiger partial charge is 0.497 e. The smallest absolute Gasteiger partial charge is 0.120 e. The van der Waals surface area contributed by atoms with Crippen LogP contribution in [0.25, 0.3) is 0 Å². The van der Waals surface area contributed by atoms with Gasteiger partial charge in [-0.2, -0.15) is 0 Å². The van der Waals surface area contributed by atoms with Gasteiger partial charge >= 0.3 is 0 Å². The number of nitrogens with two attached hydrogens (primary N) is 1. The molecule has 0 aliphatic carbocycles. The van der Waals surface area contributed by atoms with Crippen LogP contribution in [0.15, 0.2) is 24.3 Å². The first-order valence-electron chi connectivity index (χ1n) is 3.95. The summed E-state index contributed by atoms with van der Waals surface area (Å²) in [6.07, 6.45) is 0. The van der Waals surface area contributed by atoms with Gasteiger partial charge in [0.1, 0.15) is 5.75 Å². The van der Waals surface area contributed by atoms with E-state index in [-0.39, 0.29) is 24.8 Å². The van der Waals surface area contributed by atoms with Gasteiger partial charge in [-0.3, -0.25) is 0 Å². The van der Waals surface area contributed by atoms with Gasteiger partial charge in [0, 0.05) is 24.8 Å². The fourth-order valence-corrected chi connectivity index (χ4v) is 0.950. The second-order valence-corrected chi connectivity index (χ2v) is 2.45. The first-order valence-corrected chi connectivity index (χ1v) is 3.95. The zero-order valence-corrected chi connectivity index (χ0v) is 9.66. The van der Waals surface area contributed by atoms with Crippen LogP contribution < -0.4 is 15.8 Å². The number of halogens is 2. The fraction of sp³-hybridized carbons (Fsp3) is 0.333. The van der Waals surface area contributed by atoms with Crippen molar-refractivity contribution in [1.82, 2.24) is 0 Å². The Balaban J connectivity index is 0. The van der Waals surface area contributed by atoms with E-state index in [9.17, 15) is 0 Å². The maximum atomic E-state index is 5.35. The fourth-order valence-electron chi connectivity index (χ4n) is 0.950. The van der Waals surface area contributed by atoms with Gasteiger partial charge in [0.05, 0.1) is 7.11 Å². The average Bonchev–Trinajstić information content (AvgIpc) is 2.15. The third kappa shape index (κ3) is 5.17. The summed E-state index contributed by atoms with van der Waals surface area (Å²) in [6.45, 7) is 1.42. The molecule has 0 bridgehead atoms. The summed E-state index contributed by atoms with van der Waals surface area (Å²) >= 11 is 0. The molecular formula is C9H16Cl2N2O. The number of hydrogen-bond acceptors (Lipinski definition) is 3. The molecule has 0 aromatic heterocycles. The summed E-state index contributed by atoms with van der Waals surface area (Å²) in [6, 6.07) is 7.78. The quantitative estimate of drug-likeness (QED) is 0.843. The van der Waals surface area contributed by atoms with Crippen molar-refractivity contribution in [2.24, 2.45) is 5.73 Å². The van der Waals surface area contributed by atoms with Gasteiger partial charge in [0.2, 0.25) is 0 Å². The van der Waals surface area contributed by atoms with Crippen molar-refractivity contribution >= 4 is 30.5 Å². The standard InChI is InChI=1S/C9H14N2O.2ClH/c1-12-9-4-2-3-8(7-9)11-6-5-10;;/h2-4,7,11H,5-6,10H2,1H3;2*1H. The van der Waals surface area contributed by atoms with E-state index in [4.69, 9.17) is 10.5 Å². The second-order valence-electron chi connectivity index (χ2n) is 2.45. The SMILES string of the molecule is COc1cccc(NCCN)c1.Cl.Cl. The van der Waals surface area contributed by atoms with Gasteiger partial charge in [-0.1, -0.05) is 6.07 Å². The summed E-state index contributed by atoms with van der Waals surface area (Å²) in [5.41, 5.74) is 6.39. The third-order valence-corrected chi connectivity index (χ3v) is 1.54. The Morgan fingerprint density at radius 3 is 2.64 bits per heavy atom. The molecule has 3 nitrogen and oxygen atoms in total. The van der Waals surface area contributed by atoms with Crippen LogP contribution in [0.3, 0.4) is 0 Å². The Bertz CT molecular complexity index is 246.